The van der Waals surface area contributed by atoms with Crippen LogP contribution in [0.25, 0.3) is 0 Å². The summed E-state index contributed by atoms with van der Waals surface area (Å²) in [5, 5.41) is 15.5. The largest absolute Gasteiger partial charge is 0.496 e. The van der Waals surface area contributed by atoms with Gasteiger partial charge in [-0.05, 0) is 25.0 Å². The Bertz CT molecular complexity index is 733. The third kappa shape index (κ3) is 2.78. The van der Waals surface area contributed by atoms with E-state index >= 15 is 0 Å². The fourth-order valence-electron chi connectivity index (χ4n) is 2.11. The number of rotatable bonds is 5. The summed E-state index contributed by atoms with van der Waals surface area (Å²) in [4.78, 5) is 23.1. The fourth-order valence-corrected chi connectivity index (χ4v) is 2.11. The standard InChI is InChI=1S/C15H14N2O5/c1-21-12-6-9(4-5-10(12)15(19)20)16-14(18)13-7-11(17-22-13)8-2-3-8/h4-8H,2-3H2,1H3,(H,16,18)(H,19,20). The van der Waals surface area contributed by atoms with Crippen molar-refractivity contribution < 1.29 is 24.0 Å². The smallest absolute Gasteiger partial charge is 0.339 e. The second kappa shape index (κ2) is 5.51. The molecule has 1 aliphatic rings. The molecule has 1 fully saturated rings. The third-order valence-corrected chi connectivity index (χ3v) is 3.44. The Hall–Kier alpha value is -2.83. The number of aromatic nitrogens is 1. The van der Waals surface area contributed by atoms with Gasteiger partial charge in [-0.2, -0.15) is 0 Å². The van der Waals surface area contributed by atoms with E-state index in [0.717, 1.165) is 18.5 Å². The molecule has 0 atom stereocenters. The molecule has 1 aromatic heterocycles. The molecule has 22 heavy (non-hydrogen) atoms. The molecule has 7 heteroatoms. The molecule has 7 nitrogen and oxygen atoms in total. The summed E-state index contributed by atoms with van der Waals surface area (Å²) in [5.74, 6) is -0.839. The van der Waals surface area contributed by atoms with Gasteiger partial charge in [0.15, 0.2) is 0 Å². The first-order valence-electron chi connectivity index (χ1n) is 6.78. The Morgan fingerprint density at radius 3 is 2.77 bits per heavy atom. The summed E-state index contributed by atoms with van der Waals surface area (Å²) >= 11 is 0. The number of carbonyl (C=O) groups is 2. The Balaban J connectivity index is 1.76. The Kier molecular flexibility index (Phi) is 3.54. The van der Waals surface area contributed by atoms with Gasteiger partial charge in [-0.25, -0.2) is 4.79 Å². The lowest BCUT2D eigenvalue weighted by atomic mass is 10.2. The highest BCUT2D eigenvalue weighted by Crippen LogP contribution is 2.39. The molecule has 0 saturated heterocycles. The molecule has 1 aromatic carbocycles. The van der Waals surface area contributed by atoms with E-state index in [2.05, 4.69) is 10.5 Å². The van der Waals surface area contributed by atoms with Crippen LogP contribution in [0.2, 0.25) is 0 Å². The van der Waals surface area contributed by atoms with Crippen LogP contribution >= 0.6 is 0 Å². The molecule has 1 saturated carbocycles. The fraction of sp³-hybridized carbons (Fsp3) is 0.267. The van der Waals surface area contributed by atoms with E-state index in [0.29, 0.717) is 11.6 Å². The first-order chi connectivity index (χ1) is 10.6. The molecular weight excluding hydrogens is 288 g/mol. The lowest BCUT2D eigenvalue weighted by molar-refractivity contribution is 0.0693. The molecule has 0 unspecified atom stereocenters. The molecule has 0 bridgehead atoms. The predicted octanol–water partition coefficient (Wildman–Crippen LogP) is 2.51. The highest BCUT2D eigenvalue weighted by Gasteiger charge is 2.28. The van der Waals surface area contributed by atoms with Gasteiger partial charge in [-0.3, -0.25) is 4.79 Å². The molecule has 1 aliphatic carbocycles. The summed E-state index contributed by atoms with van der Waals surface area (Å²) in [6.07, 6.45) is 2.14. The molecule has 1 heterocycles. The van der Waals surface area contributed by atoms with Crippen LogP contribution in [0.5, 0.6) is 5.75 Å². The van der Waals surface area contributed by atoms with Crippen molar-refractivity contribution in [2.45, 2.75) is 18.8 Å². The van der Waals surface area contributed by atoms with E-state index < -0.39 is 11.9 Å². The van der Waals surface area contributed by atoms with Crippen molar-refractivity contribution in [3.8, 4) is 5.75 Å². The lowest BCUT2D eigenvalue weighted by Crippen LogP contribution is -2.11. The number of aromatic carboxylic acids is 1. The normalized spacial score (nSPS) is 13.7. The van der Waals surface area contributed by atoms with Gasteiger partial charge in [-0.15, -0.1) is 0 Å². The minimum Gasteiger partial charge on any atom is -0.496 e. The number of amides is 1. The third-order valence-electron chi connectivity index (χ3n) is 3.44. The van der Waals surface area contributed by atoms with E-state index in [-0.39, 0.29) is 17.1 Å². The van der Waals surface area contributed by atoms with E-state index in [1.165, 1.54) is 25.3 Å². The molecule has 2 aromatic rings. The molecule has 0 radical (unpaired) electrons. The molecule has 3 rings (SSSR count). The number of methoxy groups -OCH3 is 1. The van der Waals surface area contributed by atoms with Crippen molar-refractivity contribution in [2.24, 2.45) is 0 Å². The first-order valence-corrected chi connectivity index (χ1v) is 6.78. The summed E-state index contributed by atoms with van der Waals surface area (Å²) in [5.41, 5.74) is 1.23. The van der Waals surface area contributed by atoms with Crippen LogP contribution in [0.3, 0.4) is 0 Å². The zero-order chi connectivity index (χ0) is 15.7. The average Bonchev–Trinajstić information content (AvgIpc) is 3.23. The molecular formula is C15H14N2O5. The van der Waals surface area contributed by atoms with Gasteiger partial charge in [0.1, 0.15) is 11.3 Å². The zero-order valence-electron chi connectivity index (χ0n) is 11.8. The van der Waals surface area contributed by atoms with Crippen molar-refractivity contribution in [1.29, 1.82) is 0 Å². The maximum absolute atomic E-state index is 12.1. The number of hydrogen-bond acceptors (Lipinski definition) is 5. The van der Waals surface area contributed by atoms with Gasteiger partial charge < -0.3 is 19.7 Å². The summed E-state index contributed by atoms with van der Waals surface area (Å²) in [7, 11) is 1.37. The van der Waals surface area contributed by atoms with E-state index in [4.69, 9.17) is 14.4 Å². The van der Waals surface area contributed by atoms with Gasteiger partial charge in [0.05, 0.1) is 12.8 Å². The van der Waals surface area contributed by atoms with E-state index in [1.54, 1.807) is 6.07 Å². The van der Waals surface area contributed by atoms with Crippen molar-refractivity contribution in [3.63, 3.8) is 0 Å². The number of nitrogens with one attached hydrogen (secondary N) is 1. The highest BCUT2D eigenvalue weighted by molar-refractivity contribution is 6.02. The van der Waals surface area contributed by atoms with Crippen LogP contribution < -0.4 is 10.1 Å². The maximum Gasteiger partial charge on any atom is 0.339 e. The Morgan fingerprint density at radius 1 is 1.36 bits per heavy atom. The van der Waals surface area contributed by atoms with Crippen LogP contribution in [-0.4, -0.2) is 29.2 Å². The number of ether oxygens (including phenoxy) is 1. The zero-order valence-corrected chi connectivity index (χ0v) is 11.8. The topological polar surface area (TPSA) is 102 Å². The van der Waals surface area contributed by atoms with Crippen molar-refractivity contribution in [2.75, 3.05) is 12.4 Å². The average molecular weight is 302 g/mol. The summed E-state index contributed by atoms with van der Waals surface area (Å²) in [6.45, 7) is 0. The molecule has 0 spiro atoms. The van der Waals surface area contributed by atoms with Gasteiger partial charge in [-0.1, -0.05) is 5.16 Å². The number of nitrogens with zero attached hydrogens (tertiary/aromatic N) is 1. The quantitative estimate of drug-likeness (QED) is 0.880. The van der Waals surface area contributed by atoms with Gasteiger partial charge >= 0.3 is 5.97 Å². The molecule has 2 N–H and O–H groups in total. The first kappa shape index (κ1) is 14.1. The van der Waals surface area contributed by atoms with E-state index in [9.17, 15) is 9.59 Å². The molecule has 0 aliphatic heterocycles. The summed E-state index contributed by atoms with van der Waals surface area (Å²) in [6, 6.07) is 5.93. The highest BCUT2D eigenvalue weighted by atomic mass is 16.5. The maximum atomic E-state index is 12.1. The van der Waals surface area contributed by atoms with Crippen molar-refractivity contribution in [3.05, 3.63) is 41.3 Å². The minimum atomic E-state index is -1.10. The van der Waals surface area contributed by atoms with Gasteiger partial charge in [0, 0.05) is 23.7 Å². The minimum absolute atomic E-state index is 0.0242. The second-order valence-electron chi connectivity index (χ2n) is 5.06. The SMILES string of the molecule is COc1cc(NC(=O)c2cc(C3CC3)no2)ccc1C(=O)O. The number of carboxylic acids is 1. The van der Waals surface area contributed by atoms with Crippen LogP contribution in [0.4, 0.5) is 5.69 Å². The second-order valence-corrected chi connectivity index (χ2v) is 5.06. The Morgan fingerprint density at radius 2 is 2.14 bits per heavy atom. The Labute approximate surface area is 125 Å². The number of hydrogen-bond donors (Lipinski definition) is 2. The van der Waals surface area contributed by atoms with Gasteiger partial charge in [0.25, 0.3) is 5.91 Å². The number of benzene rings is 1. The molecule has 1 amide bonds. The number of anilines is 1. The number of carboxylic acid groups (broad SMARTS) is 1. The number of carbonyl (C=O) groups excluding carboxylic acids is 1. The van der Waals surface area contributed by atoms with Crippen LogP contribution in [-0.2, 0) is 0 Å². The summed E-state index contributed by atoms with van der Waals surface area (Å²) < 4.78 is 10.0. The monoisotopic (exact) mass is 302 g/mol. The van der Waals surface area contributed by atoms with Crippen LogP contribution in [0.1, 0.15) is 45.4 Å². The van der Waals surface area contributed by atoms with Gasteiger partial charge in [0.2, 0.25) is 5.76 Å². The lowest BCUT2D eigenvalue weighted by Gasteiger charge is -2.08. The van der Waals surface area contributed by atoms with E-state index in [1.807, 2.05) is 0 Å². The molecule has 114 valence electrons. The van der Waals surface area contributed by atoms with Crippen LogP contribution in [0, 0.1) is 0 Å². The van der Waals surface area contributed by atoms with Crippen molar-refractivity contribution in [1.82, 2.24) is 5.16 Å². The van der Waals surface area contributed by atoms with Crippen LogP contribution in [0.15, 0.2) is 28.8 Å². The van der Waals surface area contributed by atoms with Crippen molar-refractivity contribution >= 4 is 17.6 Å². The predicted molar refractivity (Wildman–Crippen MR) is 76.4 cm³/mol.